The average Bonchev–Trinajstić information content (AvgIpc) is 2.65. The van der Waals surface area contributed by atoms with Crippen LogP contribution in [0.1, 0.15) is 21.4 Å². The van der Waals surface area contributed by atoms with Crippen molar-refractivity contribution in [1.29, 1.82) is 0 Å². The molecule has 0 radical (unpaired) electrons. The lowest BCUT2D eigenvalue weighted by Crippen LogP contribution is -2.27. The number of carbonyl (C=O) groups excluding carboxylic acids is 1. The number of thiophene rings is 1. The van der Waals surface area contributed by atoms with Crippen LogP contribution in [0.2, 0.25) is 5.02 Å². The Morgan fingerprint density at radius 3 is 2.63 bits per heavy atom. The second kappa shape index (κ2) is 5.63. The zero-order valence-electron chi connectivity index (χ0n) is 10.7. The molecule has 3 N–H and O–H groups in total. The van der Waals surface area contributed by atoms with Gasteiger partial charge in [-0.05, 0) is 43.7 Å². The van der Waals surface area contributed by atoms with Crippen molar-refractivity contribution in [2.24, 2.45) is 5.73 Å². The van der Waals surface area contributed by atoms with Crippen LogP contribution in [0.25, 0.3) is 0 Å². The fraction of sp³-hybridized carbons (Fsp3) is 0.214. The minimum absolute atomic E-state index is 0.402. The van der Waals surface area contributed by atoms with E-state index in [0.717, 1.165) is 21.0 Å². The first kappa shape index (κ1) is 13.9. The van der Waals surface area contributed by atoms with Crippen LogP contribution in [0.15, 0.2) is 30.3 Å². The summed E-state index contributed by atoms with van der Waals surface area (Å²) in [4.78, 5) is 13.9. The van der Waals surface area contributed by atoms with E-state index in [-0.39, 0.29) is 0 Å². The van der Waals surface area contributed by atoms with Crippen LogP contribution in [0.5, 0.6) is 0 Å². The highest BCUT2D eigenvalue weighted by Crippen LogP contribution is 2.29. The number of anilines is 1. The van der Waals surface area contributed by atoms with Crippen molar-refractivity contribution in [3.63, 3.8) is 0 Å². The second-order valence-corrected chi connectivity index (χ2v) is 6.26. The number of aryl methyl sites for hydroxylation is 2. The van der Waals surface area contributed by atoms with Gasteiger partial charge in [0.2, 0.25) is 5.91 Å². The minimum Gasteiger partial charge on any atom is -0.370 e. The number of nitrogens with one attached hydrogen (secondary N) is 1. The third-order valence-electron chi connectivity index (χ3n) is 2.81. The van der Waals surface area contributed by atoms with Gasteiger partial charge in [0.15, 0.2) is 0 Å². The van der Waals surface area contributed by atoms with E-state index in [9.17, 15) is 4.79 Å². The summed E-state index contributed by atoms with van der Waals surface area (Å²) < 4.78 is 0. The Morgan fingerprint density at radius 2 is 2.11 bits per heavy atom. The molecule has 1 unspecified atom stereocenters. The van der Waals surface area contributed by atoms with E-state index in [4.69, 9.17) is 17.3 Å². The molecule has 0 spiro atoms. The Bertz CT molecular complexity index is 609. The van der Waals surface area contributed by atoms with E-state index in [2.05, 4.69) is 5.32 Å². The number of rotatable bonds is 4. The van der Waals surface area contributed by atoms with Gasteiger partial charge in [-0.15, -0.1) is 11.3 Å². The van der Waals surface area contributed by atoms with Gasteiger partial charge in [-0.3, -0.25) is 4.79 Å². The highest BCUT2D eigenvalue weighted by molar-refractivity contribution is 7.12. The Balaban J connectivity index is 2.32. The molecule has 19 heavy (non-hydrogen) atoms. The summed E-state index contributed by atoms with van der Waals surface area (Å²) in [6.07, 6.45) is 0. The molecule has 0 aliphatic heterocycles. The Hall–Kier alpha value is -1.52. The topological polar surface area (TPSA) is 55.1 Å². The number of halogens is 1. The molecule has 0 aliphatic carbocycles. The van der Waals surface area contributed by atoms with Crippen LogP contribution in [0.3, 0.4) is 0 Å². The number of amides is 1. The predicted molar refractivity (Wildman–Crippen MR) is 80.8 cm³/mol. The van der Waals surface area contributed by atoms with Crippen LogP contribution < -0.4 is 11.1 Å². The number of carbonyl (C=O) groups is 1. The molecular weight excluding hydrogens is 280 g/mol. The number of hydrogen-bond donors (Lipinski definition) is 2. The Morgan fingerprint density at radius 1 is 1.37 bits per heavy atom. The summed E-state index contributed by atoms with van der Waals surface area (Å²) in [7, 11) is 0. The van der Waals surface area contributed by atoms with Crippen LogP contribution in [0, 0.1) is 13.8 Å². The molecule has 1 heterocycles. The van der Waals surface area contributed by atoms with Gasteiger partial charge < -0.3 is 11.1 Å². The molecule has 0 saturated heterocycles. The second-order valence-electron chi connectivity index (χ2n) is 4.36. The first-order valence-corrected chi connectivity index (χ1v) is 7.05. The van der Waals surface area contributed by atoms with E-state index < -0.39 is 11.9 Å². The Labute approximate surface area is 121 Å². The number of primary amides is 1. The van der Waals surface area contributed by atoms with Gasteiger partial charge in [-0.2, -0.15) is 0 Å². The van der Waals surface area contributed by atoms with Gasteiger partial charge in [0.05, 0.1) is 0 Å². The number of nitrogens with two attached hydrogens (primary N) is 1. The summed E-state index contributed by atoms with van der Waals surface area (Å²) in [5, 5.41) is 3.75. The molecule has 1 atom stereocenters. The van der Waals surface area contributed by atoms with Gasteiger partial charge in [0, 0.05) is 20.5 Å². The highest BCUT2D eigenvalue weighted by atomic mass is 35.5. The zero-order chi connectivity index (χ0) is 14.0. The van der Waals surface area contributed by atoms with E-state index in [1.807, 2.05) is 32.0 Å². The molecular formula is C14H15ClN2OS. The van der Waals surface area contributed by atoms with Crippen molar-refractivity contribution in [2.45, 2.75) is 19.9 Å². The molecule has 0 bridgehead atoms. The molecule has 2 rings (SSSR count). The summed E-state index contributed by atoms with van der Waals surface area (Å²) in [5.41, 5.74) is 7.21. The highest BCUT2D eigenvalue weighted by Gasteiger charge is 2.21. The molecule has 0 saturated carbocycles. The van der Waals surface area contributed by atoms with Gasteiger partial charge in [0.1, 0.15) is 6.04 Å². The first-order chi connectivity index (χ1) is 8.97. The fourth-order valence-corrected chi connectivity index (χ4v) is 3.14. The van der Waals surface area contributed by atoms with Crippen LogP contribution in [-0.2, 0) is 4.79 Å². The average molecular weight is 295 g/mol. The minimum atomic E-state index is -0.539. The summed E-state index contributed by atoms with van der Waals surface area (Å²) in [5.74, 6) is -0.402. The van der Waals surface area contributed by atoms with Gasteiger partial charge in [0.25, 0.3) is 0 Å². The lowest BCUT2D eigenvalue weighted by atomic mass is 10.1. The van der Waals surface area contributed by atoms with E-state index in [1.165, 1.54) is 0 Å². The predicted octanol–water partition coefficient (Wildman–Crippen LogP) is 3.66. The summed E-state index contributed by atoms with van der Waals surface area (Å²) in [6, 6.07) is 8.69. The largest absolute Gasteiger partial charge is 0.370 e. The van der Waals surface area contributed by atoms with Gasteiger partial charge in [-0.1, -0.05) is 17.7 Å². The number of benzene rings is 1. The summed E-state index contributed by atoms with van der Waals surface area (Å²) >= 11 is 7.59. The molecule has 3 nitrogen and oxygen atoms in total. The smallest absolute Gasteiger partial charge is 0.244 e. The maximum atomic E-state index is 11.7. The monoisotopic (exact) mass is 294 g/mol. The van der Waals surface area contributed by atoms with Crippen molar-refractivity contribution in [3.05, 3.63) is 50.7 Å². The van der Waals surface area contributed by atoms with Crippen LogP contribution in [-0.4, -0.2) is 5.91 Å². The lowest BCUT2D eigenvalue weighted by molar-refractivity contribution is -0.118. The normalized spacial score (nSPS) is 12.2. The van der Waals surface area contributed by atoms with Crippen molar-refractivity contribution in [1.82, 2.24) is 0 Å². The molecule has 100 valence electrons. The van der Waals surface area contributed by atoms with Gasteiger partial charge in [-0.25, -0.2) is 0 Å². The fourth-order valence-electron chi connectivity index (χ4n) is 1.98. The Kier molecular flexibility index (Phi) is 4.12. The standard InChI is InChI=1S/C14H15ClN2OS/c1-8-6-12(9(2)19-8)13(14(16)18)17-11-5-3-4-10(15)7-11/h3-7,13,17H,1-2H3,(H2,16,18). The molecule has 1 aromatic heterocycles. The van der Waals surface area contributed by atoms with E-state index in [0.29, 0.717) is 5.02 Å². The van der Waals surface area contributed by atoms with Crippen LogP contribution >= 0.6 is 22.9 Å². The SMILES string of the molecule is Cc1cc(C(Nc2cccc(Cl)c2)C(N)=O)c(C)s1. The molecule has 1 amide bonds. The molecule has 1 aromatic carbocycles. The van der Waals surface area contributed by atoms with E-state index in [1.54, 1.807) is 23.5 Å². The maximum Gasteiger partial charge on any atom is 0.244 e. The van der Waals surface area contributed by atoms with Crippen molar-refractivity contribution >= 4 is 34.5 Å². The van der Waals surface area contributed by atoms with Crippen LogP contribution in [0.4, 0.5) is 5.69 Å². The molecule has 0 aliphatic rings. The quantitative estimate of drug-likeness (QED) is 0.904. The third kappa shape index (κ3) is 3.28. The van der Waals surface area contributed by atoms with Crippen molar-refractivity contribution in [3.8, 4) is 0 Å². The molecule has 2 aromatic rings. The third-order valence-corrected chi connectivity index (χ3v) is 4.03. The molecule has 5 heteroatoms. The van der Waals surface area contributed by atoms with Gasteiger partial charge >= 0.3 is 0 Å². The van der Waals surface area contributed by atoms with Crippen molar-refractivity contribution < 1.29 is 4.79 Å². The number of hydrogen-bond acceptors (Lipinski definition) is 3. The zero-order valence-corrected chi connectivity index (χ0v) is 12.3. The van der Waals surface area contributed by atoms with Crippen molar-refractivity contribution in [2.75, 3.05) is 5.32 Å². The molecule has 0 fully saturated rings. The summed E-state index contributed by atoms with van der Waals surface area (Å²) in [6.45, 7) is 4.00. The maximum absolute atomic E-state index is 11.7. The first-order valence-electron chi connectivity index (χ1n) is 5.85. The van der Waals surface area contributed by atoms with E-state index >= 15 is 0 Å². The lowest BCUT2D eigenvalue weighted by Gasteiger charge is -2.17.